The minimum Gasteiger partial charge on any atom is -0.493 e. The molecule has 0 saturated heterocycles. The van der Waals surface area contributed by atoms with Crippen LogP contribution < -0.4 is 28.4 Å². The summed E-state index contributed by atoms with van der Waals surface area (Å²) in [5.74, 6) is 3.67. The molecule has 0 aliphatic heterocycles. The van der Waals surface area contributed by atoms with Crippen molar-refractivity contribution >= 4 is 17.7 Å². The summed E-state index contributed by atoms with van der Waals surface area (Å²) in [6, 6.07) is 15.3. The molecule has 0 N–H and O–H groups in total. The van der Waals surface area contributed by atoms with Crippen molar-refractivity contribution in [3.05, 3.63) is 72.7 Å². The topological polar surface area (TPSA) is 97.9 Å². The second-order valence-corrected chi connectivity index (χ2v) is 8.79. The molecule has 0 bridgehead atoms. The van der Waals surface area contributed by atoms with Crippen LogP contribution in [-0.2, 0) is 0 Å². The number of hydrogen-bond donors (Lipinski definition) is 0. The average molecular weight is 555 g/mol. The van der Waals surface area contributed by atoms with Crippen LogP contribution in [0.15, 0.2) is 72.1 Å². The van der Waals surface area contributed by atoms with Crippen molar-refractivity contribution < 1.29 is 28.4 Å². The van der Waals surface area contributed by atoms with Gasteiger partial charge in [0.15, 0.2) is 28.8 Å². The number of pyridine rings is 2. The van der Waals surface area contributed by atoms with Gasteiger partial charge in [0.1, 0.15) is 11.3 Å². The Balaban J connectivity index is 1.71. The third-order valence-electron chi connectivity index (χ3n) is 6.58. The molecule has 41 heavy (non-hydrogen) atoms. The highest BCUT2D eigenvalue weighted by Gasteiger charge is 2.20. The summed E-state index contributed by atoms with van der Waals surface area (Å²) in [4.78, 5) is 14.0. The molecule has 10 heteroatoms. The minimum absolute atomic E-state index is 0.491. The number of hydrogen-bond acceptors (Lipinski definition) is 9. The summed E-state index contributed by atoms with van der Waals surface area (Å²) in [5, 5.41) is 0. The molecule has 0 amide bonds. The number of rotatable bonds is 10. The highest BCUT2D eigenvalue weighted by molar-refractivity contribution is 5.88. The van der Waals surface area contributed by atoms with E-state index in [-0.39, 0.29) is 0 Å². The lowest BCUT2D eigenvalue weighted by Gasteiger charge is -2.14. The molecule has 3 heterocycles. The number of ether oxygens (including phenoxy) is 6. The van der Waals surface area contributed by atoms with Gasteiger partial charge in [-0.05, 0) is 59.7 Å². The number of benzene rings is 2. The fourth-order valence-electron chi connectivity index (χ4n) is 4.60. The lowest BCUT2D eigenvalue weighted by Crippen LogP contribution is -1.97. The fourth-order valence-corrected chi connectivity index (χ4v) is 4.60. The molecule has 0 atom stereocenters. The largest absolute Gasteiger partial charge is 0.493 e. The molecule has 10 nitrogen and oxygen atoms in total. The second kappa shape index (κ2) is 11.9. The maximum Gasteiger partial charge on any atom is 0.203 e. The van der Waals surface area contributed by atoms with Crippen LogP contribution in [0.2, 0.25) is 0 Å². The van der Waals surface area contributed by atoms with Crippen LogP contribution in [0.25, 0.3) is 28.0 Å². The van der Waals surface area contributed by atoms with E-state index in [4.69, 9.17) is 38.4 Å². The van der Waals surface area contributed by atoms with Crippen molar-refractivity contribution in [1.82, 2.24) is 14.4 Å². The lowest BCUT2D eigenvalue weighted by molar-refractivity contribution is 0.324. The SMILES string of the molecule is COc1cc(C=Nc2c(-c3cc(OC)c(OC)c(OC)c3)nc3cc(-c4ccncc4)ccn23)cc(OC)c1OC. The van der Waals surface area contributed by atoms with Crippen molar-refractivity contribution in [3.63, 3.8) is 0 Å². The summed E-state index contributed by atoms with van der Waals surface area (Å²) >= 11 is 0. The van der Waals surface area contributed by atoms with E-state index in [0.29, 0.717) is 51.7 Å². The van der Waals surface area contributed by atoms with E-state index in [9.17, 15) is 0 Å². The Hall–Kier alpha value is -5.25. The van der Waals surface area contributed by atoms with Crippen molar-refractivity contribution in [2.75, 3.05) is 42.7 Å². The first-order valence-electron chi connectivity index (χ1n) is 12.6. The van der Waals surface area contributed by atoms with Crippen LogP contribution >= 0.6 is 0 Å². The second-order valence-electron chi connectivity index (χ2n) is 8.79. The number of imidazole rings is 1. The van der Waals surface area contributed by atoms with Crippen LogP contribution in [0.5, 0.6) is 34.5 Å². The maximum absolute atomic E-state index is 5.61. The first kappa shape index (κ1) is 27.3. The van der Waals surface area contributed by atoms with Crippen LogP contribution in [0.3, 0.4) is 0 Å². The Morgan fingerprint density at radius 2 is 1.20 bits per heavy atom. The Bertz CT molecular complexity index is 1670. The van der Waals surface area contributed by atoms with Crippen molar-refractivity contribution in [2.45, 2.75) is 0 Å². The van der Waals surface area contributed by atoms with Gasteiger partial charge in [-0.25, -0.2) is 9.98 Å². The Kier molecular flexibility index (Phi) is 7.91. The molecule has 2 aromatic carbocycles. The van der Waals surface area contributed by atoms with Gasteiger partial charge >= 0.3 is 0 Å². The molecular formula is C31H30N4O6. The van der Waals surface area contributed by atoms with Crippen molar-refractivity contribution in [3.8, 4) is 56.9 Å². The average Bonchev–Trinajstić information content (AvgIpc) is 3.40. The third kappa shape index (κ3) is 5.19. The van der Waals surface area contributed by atoms with E-state index < -0.39 is 0 Å². The van der Waals surface area contributed by atoms with E-state index in [1.54, 1.807) is 61.3 Å². The zero-order valence-electron chi connectivity index (χ0n) is 23.7. The molecule has 210 valence electrons. The smallest absolute Gasteiger partial charge is 0.203 e. The van der Waals surface area contributed by atoms with Gasteiger partial charge in [0, 0.05) is 35.9 Å². The molecule has 5 aromatic rings. The molecule has 5 rings (SSSR count). The van der Waals surface area contributed by atoms with Crippen LogP contribution in [0, 0.1) is 0 Å². The van der Waals surface area contributed by atoms with E-state index in [1.165, 1.54) is 0 Å². The monoisotopic (exact) mass is 554 g/mol. The van der Waals surface area contributed by atoms with E-state index in [1.807, 2.05) is 59.1 Å². The number of methoxy groups -OCH3 is 6. The van der Waals surface area contributed by atoms with Crippen LogP contribution in [0.1, 0.15) is 5.56 Å². The Labute approximate surface area is 237 Å². The Morgan fingerprint density at radius 1 is 0.634 bits per heavy atom. The van der Waals surface area contributed by atoms with Crippen LogP contribution in [-0.4, -0.2) is 63.2 Å². The normalized spacial score (nSPS) is 11.1. The molecule has 0 radical (unpaired) electrons. The van der Waals surface area contributed by atoms with Gasteiger partial charge in [-0.2, -0.15) is 0 Å². The zero-order valence-corrected chi connectivity index (χ0v) is 23.7. The molecule has 0 unspecified atom stereocenters. The quantitative estimate of drug-likeness (QED) is 0.198. The molecule has 0 aliphatic carbocycles. The summed E-state index contributed by atoms with van der Waals surface area (Å²) in [5.41, 5.74) is 4.85. The molecular weight excluding hydrogens is 524 g/mol. The highest BCUT2D eigenvalue weighted by Crippen LogP contribution is 2.43. The van der Waals surface area contributed by atoms with Gasteiger partial charge in [0.2, 0.25) is 11.5 Å². The van der Waals surface area contributed by atoms with Gasteiger partial charge in [-0.15, -0.1) is 0 Å². The molecule has 0 fully saturated rings. The summed E-state index contributed by atoms with van der Waals surface area (Å²) in [6.07, 6.45) is 7.20. The van der Waals surface area contributed by atoms with E-state index >= 15 is 0 Å². The van der Waals surface area contributed by atoms with Crippen molar-refractivity contribution in [1.29, 1.82) is 0 Å². The maximum atomic E-state index is 5.61. The predicted molar refractivity (Wildman–Crippen MR) is 157 cm³/mol. The zero-order chi connectivity index (χ0) is 28.9. The van der Waals surface area contributed by atoms with Gasteiger partial charge in [0.25, 0.3) is 0 Å². The molecule has 0 spiro atoms. The first-order valence-corrected chi connectivity index (χ1v) is 12.6. The number of fused-ring (bicyclic) bond motifs is 1. The Morgan fingerprint density at radius 3 is 1.73 bits per heavy atom. The molecule has 0 aliphatic rings. The first-order chi connectivity index (χ1) is 20.0. The van der Waals surface area contributed by atoms with Gasteiger partial charge in [0.05, 0.1) is 42.7 Å². The number of aliphatic imine (C=N–C) groups is 1. The third-order valence-corrected chi connectivity index (χ3v) is 6.58. The van der Waals surface area contributed by atoms with E-state index in [2.05, 4.69) is 4.98 Å². The van der Waals surface area contributed by atoms with Gasteiger partial charge < -0.3 is 28.4 Å². The minimum atomic E-state index is 0.491. The van der Waals surface area contributed by atoms with E-state index in [0.717, 1.165) is 22.3 Å². The number of nitrogens with zero attached hydrogens (tertiary/aromatic N) is 4. The summed E-state index contributed by atoms with van der Waals surface area (Å²) in [6.45, 7) is 0. The van der Waals surface area contributed by atoms with Crippen molar-refractivity contribution in [2.24, 2.45) is 4.99 Å². The van der Waals surface area contributed by atoms with Gasteiger partial charge in [-0.3, -0.25) is 9.38 Å². The highest BCUT2D eigenvalue weighted by atomic mass is 16.5. The summed E-state index contributed by atoms with van der Waals surface area (Å²) in [7, 11) is 9.44. The van der Waals surface area contributed by atoms with Gasteiger partial charge in [-0.1, -0.05) is 0 Å². The number of aromatic nitrogens is 3. The predicted octanol–water partition coefficient (Wildman–Crippen LogP) is 5.87. The molecule has 3 aromatic heterocycles. The summed E-state index contributed by atoms with van der Waals surface area (Å²) < 4.78 is 35.2. The lowest BCUT2D eigenvalue weighted by atomic mass is 10.1. The molecule has 0 saturated carbocycles. The standard InChI is InChI=1S/C31H30N4O6/c1-36-23-13-19(14-24(37-2)29(23)40-5)18-33-31-28(22-15-25(38-3)30(41-6)26(16-22)39-4)34-27-17-21(9-12-35(27)31)20-7-10-32-11-8-20/h7-18H,1-6H3. The fraction of sp³-hybridized carbons (Fsp3) is 0.194. The van der Waals surface area contributed by atoms with Crippen LogP contribution in [0.4, 0.5) is 5.82 Å².